The monoisotopic (exact) mass is 463 g/mol. The smallest absolute Gasteiger partial charge is 0.259 e. The Labute approximate surface area is 193 Å². The van der Waals surface area contributed by atoms with Crippen molar-refractivity contribution in [3.05, 3.63) is 54.4 Å². The SMILES string of the molecule is COc1ccccc1-c1cnncc1C(=O)Nc1nc2ccc(OCC3CCCO3)nc2s1. The molecule has 3 aromatic heterocycles. The molecule has 1 N–H and O–H groups in total. The molecule has 0 saturated carbocycles. The molecule has 1 aliphatic heterocycles. The summed E-state index contributed by atoms with van der Waals surface area (Å²) in [7, 11) is 1.58. The number of aromatic nitrogens is 4. The third kappa shape index (κ3) is 4.62. The van der Waals surface area contributed by atoms with Crippen molar-refractivity contribution in [1.29, 1.82) is 0 Å². The van der Waals surface area contributed by atoms with Gasteiger partial charge in [-0.05, 0) is 25.0 Å². The van der Waals surface area contributed by atoms with Crippen molar-refractivity contribution >= 4 is 32.7 Å². The number of carbonyl (C=O) groups is 1. The van der Waals surface area contributed by atoms with Gasteiger partial charge in [0.1, 0.15) is 22.7 Å². The van der Waals surface area contributed by atoms with E-state index in [1.807, 2.05) is 30.3 Å². The Kier molecular flexibility index (Phi) is 6.09. The maximum absolute atomic E-state index is 13.1. The van der Waals surface area contributed by atoms with Crippen LogP contribution < -0.4 is 14.8 Å². The lowest BCUT2D eigenvalue weighted by atomic mass is 10.0. The summed E-state index contributed by atoms with van der Waals surface area (Å²) in [4.78, 5) is 22.8. The minimum atomic E-state index is -0.347. The van der Waals surface area contributed by atoms with Crippen LogP contribution in [0.4, 0.5) is 5.13 Å². The van der Waals surface area contributed by atoms with Crippen molar-refractivity contribution < 1.29 is 19.0 Å². The Morgan fingerprint density at radius 1 is 1.15 bits per heavy atom. The van der Waals surface area contributed by atoms with E-state index in [4.69, 9.17) is 14.2 Å². The van der Waals surface area contributed by atoms with Crippen LogP contribution in [-0.4, -0.2) is 52.5 Å². The topological polar surface area (TPSA) is 108 Å². The van der Waals surface area contributed by atoms with Gasteiger partial charge in [0, 0.05) is 23.8 Å². The number of pyridine rings is 1. The average Bonchev–Trinajstić information content (AvgIpc) is 3.51. The number of carbonyl (C=O) groups excluding carboxylic acids is 1. The summed E-state index contributed by atoms with van der Waals surface area (Å²) in [5.74, 6) is 0.801. The lowest BCUT2D eigenvalue weighted by molar-refractivity contribution is 0.0665. The Bertz CT molecular complexity index is 1290. The van der Waals surface area contributed by atoms with Crippen LogP contribution in [-0.2, 0) is 4.74 Å². The molecule has 4 aromatic rings. The fourth-order valence-corrected chi connectivity index (χ4v) is 4.46. The molecule has 9 nitrogen and oxygen atoms in total. The molecule has 1 saturated heterocycles. The van der Waals surface area contributed by atoms with Crippen LogP contribution in [0.15, 0.2) is 48.8 Å². The standard InChI is InChI=1S/C23H21N5O4S/c1-30-19-7-3-2-6-15(19)16-11-24-25-12-17(16)21(29)28-23-26-18-8-9-20(27-22(18)33-23)32-13-14-5-4-10-31-14/h2-3,6-9,11-12,14H,4-5,10,13H2,1H3,(H,26,28,29). The first-order valence-corrected chi connectivity index (χ1v) is 11.3. The predicted molar refractivity (Wildman–Crippen MR) is 124 cm³/mol. The molecular formula is C23H21N5O4S. The van der Waals surface area contributed by atoms with Crippen LogP contribution in [0.5, 0.6) is 11.6 Å². The summed E-state index contributed by atoms with van der Waals surface area (Å²) < 4.78 is 16.8. The van der Waals surface area contributed by atoms with E-state index in [1.165, 1.54) is 17.5 Å². The Morgan fingerprint density at radius 2 is 2.03 bits per heavy atom. The van der Waals surface area contributed by atoms with Gasteiger partial charge in [0.25, 0.3) is 5.91 Å². The molecule has 1 unspecified atom stereocenters. The summed E-state index contributed by atoms with van der Waals surface area (Å²) >= 11 is 1.28. The van der Waals surface area contributed by atoms with Crippen LogP contribution in [0.3, 0.4) is 0 Å². The zero-order chi connectivity index (χ0) is 22.6. The third-order valence-corrected chi connectivity index (χ3v) is 6.14. The van der Waals surface area contributed by atoms with Gasteiger partial charge in [-0.15, -0.1) is 0 Å². The van der Waals surface area contributed by atoms with Crippen molar-refractivity contribution in [2.24, 2.45) is 0 Å². The minimum Gasteiger partial charge on any atom is -0.496 e. The first-order chi connectivity index (χ1) is 16.2. The minimum absolute atomic E-state index is 0.116. The average molecular weight is 464 g/mol. The van der Waals surface area contributed by atoms with E-state index in [2.05, 4.69) is 25.5 Å². The number of hydrogen-bond donors (Lipinski definition) is 1. The highest BCUT2D eigenvalue weighted by Crippen LogP contribution is 2.32. The molecule has 0 radical (unpaired) electrons. The fourth-order valence-electron chi connectivity index (χ4n) is 3.64. The lowest BCUT2D eigenvalue weighted by Gasteiger charge is -2.11. The second-order valence-electron chi connectivity index (χ2n) is 7.41. The van der Waals surface area contributed by atoms with Crippen LogP contribution in [0.2, 0.25) is 0 Å². The van der Waals surface area contributed by atoms with E-state index >= 15 is 0 Å². The highest BCUT2D eigenvalue weighted by atomic mass is 32.1. The van der Waals surface area contributed by atoms with Crippen molar-refractivity contribution in [3.63, 3.8) is 0 Å². The van der Waals surface area contributed by atoms with Gasteiger partial charge in [-0.25, -0.2) is 9.97 Å². The summed E-state index contributed by atoms with van der Waals surface area (Å²) in [6.07, 6.45) is 5.15. The number of hydrogen-bond acceptors (Lipinski definition) is 9. The second kappa shape index (κ2) is 9.47. The van der Waals surface area contributed by atoms with Gasteiger partial charge in [0.2, 0.25) is 5.88 Å². The first-order valence-electron chi connectivity index (χ1n) is 10.5. The van der Waals surface area contributed by atoms with Crippen molar-refractivity contribution in [2.75, 3.05) is 25.6 Å². The number of nitrogens with zero attached hydrogens (tertiary/aromatic N) is 4. The molecule has 1 aliphatic rings. The number of ether oxygens (including phenoxy) is 3. The Hall–Kier alpha value is -3.63. The van der Waals surface area contributed by atoms with Crippen LogP contribution in [0.1, 0.15) is 23.2 Å². The summed E-state index contributed by atoms with van der Waals surface area (Å²) in [6.45, 7) is 1.26. The molecule has 10 heteroatoms. The lowest BCUT2D eigenvalue weighted by Crippen LogP contribution is -2.16. The Balaban J connectivity index is 1.35. The highest BCUT2D eigenvalue weighted by Gasteiger charge is 2.19. The molecule has 1 aromatic carbocycles. The van der Waals surface area contributed by atoms with Crippen LogP contribution >= 0.6 is 11.3 Å². The number of methoxy groups -OCH3 is 1. The van der Waals surface area contributed by atoms with E-state index < -0.39 is 0 Å². The molecule has 1 atom stereocenters. The fraction of sp³-hybridized carbons (Fsp3) is 0.261. The van der Waals surface area contributed by atoms with E-state index in [0.29, 0.717) is 44.8 Å². The van der Waals surface area contributed by atoms with Crippen molar-refractivity contribution in [1.82, 2.24) is 20.2 Å². The number of nitrogens with one attached hydrogen (secondary N) is 1. The maximum Gasteiger partial charge on any atom is 0.259 e. The number of thiazole rings is 1. The molecule has 0 bridgehead atoms. The second-order valence-corrected chi connectivity index (χ2v) is 8.39. The summed E-state index contributed by atoms with van der Waals surface area (Å²) in [6, 6.07) is 11.0. The van der Waals surface area contributed by atoms with Gasteiger partial charge in [-0.3, -0.25) is 10.1 Å². The molecular weight excluding hydrogens is 442 g/mol. The highest BCUT2D eigenvalue weighted by molar-refractivity contribution is 7.22. The van der Waals surface area contributed by atoms with Gasteiger partial charge in [0.15, 0.2) is 5.13 Å². The summed E-state index contributed by atoms with van der Waals surface area (Å²) in [5.41, 5.74) is 2.41. The number of amides is 1. The number of rotatable bonds is 7. The summed E-state index contributed by atoms with van der Waals surface area (Å²) in [5, 5.41) is 11.1. The van der Waals surface area contributed by atoms with Gasteiger partial charge < -0.3 is 14.2 Å². The van der Waals surface area contributed by atoms with E-state index in [-0.39, 0.29) is 12.0 Å². The molecule has 0 aliphatic carbocycles. The van der Waals surface area contributed by atoms with Crippen molar-refractivity contribution in [3.8, 4) is 22.8 Å². The maximum atomic E-state index is 13.1. The quantitative estimate of drug-likeness (QED) is 0.439. The number of benzene rings is 1. The first kappa shape index (κ1) is 21.2. The van der Waals surface area contributed by atoms with Gasteiger partial charge in [-0.1, -0.05) is 29.5 Å². The zero-order valence-corrected chi connectivity index (χ0v) is 18.7. The normalized spacial score (nSPS) is 15.5. The van der Waals surface area contributed by atoms with E-state index in [1.54, 1.807) is 19.4 Å². The van der Waals surface area contributed by atoms with Gasteiger partial charge >= 0.3 is 0 Å². The van der Waals surface area contributed by atoms with E-state index in [9.17, 15) is 4.79 Å². The molecule has 1 amide bonds. The third-order valence-electron chi connectivity index (χ3n) is 5.26. The molecule has 5 rings (SSSR count). The predicted octanol–water partition coefficient (Wildman–Crippen LogP) is 3.97. The van der Waals surface area contributed by atoms with Crippen LogP contribution in [0.25, 0.3) is 21.5 Å². The molecule has 168 valence electrons. The largest absolute Gasteiger partial charge is 0.496 e. The van der Waals surface area contributed by atoms with Gasteiger partial charge in [0.05, 0.1) is 31.2 Å². The molecule has 0 spiro atoms. The van der Waals surface area contributed by atoms with E-state index in [0.717, 1.165) is 25.0 Å². The molecule has 1 fully saturated rings. The number of fused-ring (bicyclic) bond motifs is 1. The number of anilines is 1. The Morgan fingerprint density at radius 3 is 2.88 bits per heavy atom. The van der Waals surface area contributed by atoms with Crippen molar-refractivity contribution in [2.45, 2.75) is 18.9 Å². The molecule has 33 heavy (non-hydrogen) atoms. The number of para-hydroxylation sites is 1. The van der Waals surface area contributed by atoms with Gasteiger partial charge in [-0.2, -0.15) is 10.2 Å². The molecule has 4 heterocycles. The van der Waals surface area contributed by atoms with Crippen LogP contribution in [0, 0.1) is 0 Å². The zero-order valence-electron chi connectivity index (χ0n) is 17.9.